The summed E-state index contributed by atoms with van der Waals surface area (Å²) in [6.07, 6.45) is 2.31. The number of amides is 1. The second-order valence-corrected chi connectivity index (χ2v) is 6.37. The summed E-state index contributed by atoms with van der Waals surface area (Å²) in [5.41, 5.74) is -0.841. The summed E-state index contributed by atoms with van der Waals surface area (Å²) in [6, 6.07) is 3.37. The lowest BCUT2D eigenvalue weighted by atomic mass is 9.72. The Labute approximate surface area is 136 Å². The maximum atomic E-state index is 14.4. The Balaban J connectivity index is 2.04. The van der Waals surface area contributed by atoms with Crippen molar-refractivity contribution in [3.63, 3.8) is 0 Å². The van der Waals surface area contributed by atoms with Crippen LogP contribution in [-0.2, 0) is 14.9 Å². The molecule has 2 aromatic rings. The lowest BCUT2D eigenvalue weighted by Gasteiger charge is -2.38. The minimum atomic E-state index is -1.06. The van der Waals surface area contributed by atoms with E-state index in [0.717, 1.165) is 6.07 Å². The van der Waals surface area contributed by atoms with Crippen LogP contribution in [0, 0.1) is 11.6 Å². The Morgan fingerprint density at radius 3 is 2.70 bits per heavy atom. The first kappa shape index (κ1) is 16.0. The third-order valence-electron chi connectivity index (χ3n) is 4.21. The summed E-state index contributed by atoms with van der Waals surface area (Å²) in [4.78, 5) is 18.7. The van der Waals surface area contributed by atoms with Crippen LogP contribution in [0.2, 0.25) is 0 Å². The fourth-order valence-corrected chi connectivity index (χ4v) is 3.59. The van der Waals surface area contributed by atoms with Crippen molar-refractivity contribution in [3.05, 3.63) is 47.0 Å². The number of ether oxygens (including phenoxy) is 1. The monoisotopic (exact) mass is 338 g/mol. The number of nitrogens with zero attached hydrogens (tertiary/aromatic N) is 2. The first-order valence-corrected chi connectivity index (χ1v) is 8.13. The second kappa shape index (κ2) is 6.33. The number of thiazole rings is 1. The first-order chi connectivity index (χ1) is 11.0. The molecule has 1 aromatic heterocycles. The Bertz CT molecular complexity index is 700. The van der Waals surface area contributed by atoms with Gasteiger partial charge in [-0.2, -0.15) is 0 Å². The third kappa shape index (κ3) is 2.86. The molecule has 0 radical (unpaired) electrons. The summed E-state index contributed by atoms with van der Waals surface area (Å²) in [6.45, 7) is 0.711. The molecular weight excluding hydrogens is 322 g/mol. The van der Waals surface area contributed by atoms with Crippen LogP contribution in [0.15, 0.2) is 29.8 Å². The van der Waals surface area contributed by atoms with Gasteiger partial charge in [0.1, 0.15) is 11.6 Å². The highest BCUT2D eigenvalue weighted by atomic mass is 32.1. The molecule has 3 rings (SSSR count). The van der Waals surface area contributed by atoms with Gasteiger partial charge in [-0.25, -0.2) is 13.8 Å². The van der Waals surface area contributed by atoms with Crippen LogP contribution in [0.1, 0.15) is 18.4 Å². The quantitative estimate of drug-likeness (QED) is 0.863. The first-order valence-electron chi connectivity index (χ1n) is 7.25. The predicted molar refractivity (Wildman–Crippen MR) is 83.6 cm³/mol. The predicted octanol–water partition coefficient (Wildman–Crippen LogP) is 3.13. The van der Waals surface area contributed by atoms with Gasteiger partial charge in [-0.05, 0) is 18.9 Å². The zero-order valence-electron chi connectivity index (χ0n) is 12.6. The van der Waals surface area contributed by atoms with Gasteiger partial charge in [0, 0.05) is 43.5 Å². The van der Waals surface area contributed by atoms with Gasteiger partial charge in [0.05, 0.1) is 5.41 Å². The van der Waals surface area contributed by atoms with Crippen LogP contribution in [0.25, 0.3) is 0 Å². The number of likely N-dealkylation sites (N-methyl/N-ethyl adjacent to an activating group) is 1. The van der Waals surface area contributed by atoms with Gasteiger partial charge in [0.15, 0.2) is 5.13 Å². The van der Waals surface area contributed by atoms with E-state index >= 15 is 0 Å². The molecule has 1 aromatic carbocycles. The number of hydrogen-bond donors (Lipinski definition) is 0. The van der Waals surface area contributed by atoms with Crippen LogP contribution in [0.3, 0.4) is 0 Å². The number of aromatic nitrogens is 1. The van der Waals surface area contributed by atoms with E-state index in [0.29, 0.717) is 31.2 Å². The number of carbonyl (C=O) groups excluding carboxylic acids is 1. The molecule has 0 spiro atoms. The van der Waals surface area contributed by atoms with E-state index < -0.39 is 17.0 Å². The summed E-state index contributed by atoms with van der Waals surface area (Å²) in [5, 5.41) is 2.32. The van der Waals surface area contributed by atoms with E-state index in [1.165, 1.54) is 28.4 Å². The van der Waals surface area contributed by atoms with E-state index in [2.05, 4.69) is 4.98 Å². The fourth-order valence-electron chi connectivity index (χ4n) is 2.99. The molecule has 2 heterocycles. The molecule has 0 unspecified atom stereocenters. The van der Waals surface area contributed by atoms with Crippen LogP contribution in [-0.4, -0.2) is 31.2 Å². The third-order valence-corrected chi connectivity index (χ3v) is 5.06. The van der Waals surface area contributed by atoms with E-state index in [1.54, 1.807) is 18.6 Å². The van der Waals surface area contributed by atoms with Gasteiger partial charge in [-0.1, -0.05) is 6.07 Å². The number of halogens is 2. The summed E-state index contributed by atoms with van der Waals surface area (Å²) >= 11 is 1.33. The molecule has 0 bridgehead atoms. The molecule has 1 aliphatic heterocycles. The Morgan fingerprint density at radius 1 is 1.35 bits per heavy atom. The maximum Gasteiger partial charge on any atom is 0.239 e. The molecule has 4 nitrogen and oxygen atoms in total. The largest absolute Gasteiger partial charge is 0.381 e. The molecule has 0 saturated carbocycles. The molecule has 0 aliphatic carbocycles. The summed E-state index contributed by atoms with van der Waals surface area (Å²) in [5.74, 6) is -1.61. The molecule has 1 fully saturated rings. The summed E-state index contributed by atoms with van der Waals surface area (Å²) < 4.78 is 33.0. The van der Waals surface area contributed by atoms with E-state index in [9.17, 15) is 13.6 Å². The number of anilines is 1. The van der Waals surface area contributed by atoms with Gasteiger partial charge in [0.2, 0.25) is 5.91 Å². The van der Waals surface area contributed by atoms with Crippen molar-refractivity contribution in [1.29, 1.82) is 0 Å². The fraction of sp³-hybridized carbons (Fsp3) is 0.375. The van der Waals surface area contributed by atoms with Gasteiger partial charge in [-0.15, -0.1) is 11.3 Å². The SMILES string of the molecule is CN(C(=O)C1(c2ccc(F)cc2F)CCOCC1)c1nccs1. The Kier molecular flexibility index (Phi) is 4.41. The van der Waals surface area contributed by atoms with Gasteiger partial charge in [-0.3, -0.25) is 9.69 Å². The van der Waals surface area contributed by atoms with Crippen LogP contribution in [0.5, 0.6) is 0 Å². The van der Waals surface area contributed by atoms with Crippen LogP contribution in [0.4, 0.5) is 13.9 Å². The molecule has 23 heavy (non-hydrogen) atoms. The zero-order valence-corrected chi connectivity index (χ0v) is 13.4. The Hall–Kier alpha value is -1.86. The average Bonchev–Trinajstić information content (AvgIpc) is 3.08. The van der Waals surface area contributed by atoms with Crippen LogP contribution < -0.4 is 4.90 Å². The molecule has 0 N–H and O–H groups in total. The normalized spacial score (nSPS) is 17.0. The highest BCUT2D eigenvalue weighted by Crippen LogP contribution is 2.39. The van der Waals surface area contributed by atoms with Crippen molar-refractivity contribution >= 4 is 22.4 Å². The number of rotatable bonds is 3. The molecule has 122 valence electrons. The van der Waals surface area contributed by atoms with Crippen molar-refractivity contribution in [2.75, 3.05) is 25.2 Å². The van der Waals surface area contributed by atoms with Crippen molar-refractivity contribution in [2.45, 2.75) is 18.3 Å². The van der Waals surface area contributed by atoms with Gasteiger partial charge >= 0.3 is 0 Å². The molecule has 1 saturated heterocycles. The van der Waals surface area contributed by atoms with Crippen molar-refractivity contribution < 1.29 is 18.3 Å². The standard InChI is InChI=1S/C16H16F2N2O2S/c1-20(15-19-6-9-23-15)14(21)16(4-7-22-8-5-16)12-3-2-11(17)10-13(12)18/h2-3,6,9-10H,4-5,7-8H2,1H3. The topological polar surface area (TPSA) is 42.4 Å². The van der Waals surface area contributed by atoms with Crippen molar-refractivity contribution in [1.82, 2.24) is 4.98 Å². The lowest BCUT2D eigenvalue weighted by Crippen LogP contribution is -2.49. The number of benzene rings is 1. The number of carbonyl (C=O) groups is 1. The highest BCUT2D eigenvalue weighted by Gasteiger charge is 2.45. The lowest BCUT2D eigenvalue weighted by molar-refractivity contribution is -0.127. The van der Waals surface area contributed by atoms with E-state index in [4.69, 9.17) is 4.74 Å². The smallest absolute Gasteiger partial charge is 0.239 e. The minimum absolute atomic E-state index is 0.218. The maximum absolute atomic E-state index is 14.4. The highest BCUT2D eigenvalue weighted by molar-refractivity contribution is 7.13. The molecular formula is C16H16F2N2O2S. The zero-order chi connectivity index (χ0) is 16.4. The van der Waals surface area contributed by atoms with Gasteiger partial charge in [0.25, 0.3) is 0 Å². The van der Waals surface area contributed by atoms with Gasteiger partial charge < -0.3 is 4.74 Å². The average molecular weight is 338 g/mol. The number of hydrogen-bond acceptors (Lipinski definition) is 4. The molecule has 0 atom stereocenters. The Morgan fingerprint density at radius 2 is 2.09 bits per heavy atom. The summed E-state index contributed by atoms with van der Waals surface area (Å²) in [7, 11) is 1.62. The van der Waals surface area contributed by atoms with Crippen molar-refractivity contribution in [2.24, 2.45) is 0 Å². The molecule has 7 heteroatoms. The van der Waals surface area contributed by atoms with E-state index in [-0.39, 0.29) is 11.5 Å². The second-order valence-electron chi connectivity index (χ2n) is 5.50. The molecule has 1 amide bonds. The van der Waals surface area contributed by atoms with E-state index in [1.807, 2.05) is 0 Å². The minimum Gasteiger partial charge on any atom is -0.381 e. The van der Waals surface area contributed by atoms with Crippen molar-refractivity contribution in [3.8, 4) is 0 Å². The molecule has 1 aliphatic rings. The van der Waals surface area contributed by atoms with Crippen LogP contribution >= 0.6 is 11.3 Å².